The highest BCUT2D eigenvalue weighted by Crippen LogP contribution is 2.58. The summed E-state index contributed by atoms with van der Waals surface area (Å²) in [5, 5.41) is 0. The molecular formula is C93H106N2. The van der Waals surface area contributed by atoms with E-state index in [9.17, 15) is 0 Å². The van der Waals surface area contributed by atoms with Crippen LogP contribution >= 0.6 is 0 Å². The molecule has 95 heavy (non-hydrogen) atoms. The lowest BCUT2D eigenvalue weighted by Gasteiger charge is -2.36. The average molecular weight is 1250 g/mol. The maximum absolute atomic E-state index is 4.00. The Hall–Kier alpha value is -8.46. The summed E-state index contributed by atoms with van der Waals surface area (Å²) in [6.45, 7) is 22.4. The van der Waals surface area contributed by atoms with Crippen LogP contribution in [0, 0.1) is 13.8 Å². The fourth-order valence-electron chi connectivity index (χ4n) is 14.9. The van der Waals surface area contributed by atoms with Crippen LogP contribution in [-0.4, -0.2) is 0 Å². The third kappa shape index (κ3) is 15.9. The number of hydrogen-bond acceptors (Lipinski definition) is 2. The van der Waals surface area contributed by atoms with Crippen LogP contribution < -0.4 is 9.80 Å². The van der Waals surface area contributed by atoms with E-state index in [2.05, 4.69) is 290 Å². The van der Waals surface area contributed by atoms with Gasteiger partial charge in [0.2, 0.25) is 0 Å². The number of hydrogen-bond donors (Lipinski definition) is 0. The van der Waals surface area contributed by atoms with Crippen molar-refractivity contribution >= 4 is 40.2 Å². The zero-order chi connectivity index (χ0) is 66.1. The molecule has 0 saturated heterocycles. The van der Waals surface area contributed by atoms with Crippen molar-refractivity contribution in [2.75, 3.05) is 9.80 Å². The van der Waals surface area contributed by atoms with Gasteiger partial charge in [-0.15, -0.1) is 0 Å². The van der Waals surface area contributed by atoms with Crippen LogP contribution in [0.2, 0.25) is 0 Å². The zero-order valence-corrected chi connectivity index (χ0v) is 58.9. The Balaban J connectivity index is 1.01. The summed E-state index contributed by atoms with van der Waals surface area (Å²) in [5.41, 5.74) is 30.6. The van der Waals surface area contributed by atoms with E-state index in [0.717, 1.165) is 71.8 Å². The maximum atomic E-state index is 4.00. The highest BCUT2D eigenvalue weighted by Gasteiger charge is 2.47. The molecule has 11 rings (SSSR count). The van der Waals surface area contributed by atoms with Crippen LogP contribution in [0.15, 0.2) is 225 Å². The van der Waals surface area contributed by atoms with Crippen molar-refractivity contribution in [3.05, 3.63) is 292 Å². The largest absolute Gasteiger partial charge is 0.311 e. The number of benzene rings is 10. The molecule has 1 unspecified atom stereocenters. The van der Waals surface area contributed by atoms with E-state index in [1.54, 1.807) is 0 Å². The summed E-state index contributed by atoms with van der Waals surface area (Å²) < 4.78 is 0. The van der Waals surface area contributed by atoms with Gasteiger partial charge in [-0.05, 0) is 245 Å². The van der Waals surface area contributed by atoms with Gasteiger partial charge in [-0.3, -0.25) is 0 Å². The highest BCUT2D eigenvalue weighted by atomic mass is 15.1. The van der Waals surface area contributed by atoms with Gasteiger partial charge in [0.05, 0.1) is 5.41 Å². The van der Waals surface area contributed by atoms with Gasteiger partial charge in [0.1, 0.15) is 0 Å². The summed E-state index contributed by atoms with van der Waals surface area (Å²) in [6, 6.07) is 85.2. The van der Waals surface area contributed by atoms with Crippen LogP contribution in [0.1, 0.15) is 223 Å². The lowest BCUT2D eigenvalue weighted by atomic mass is 9.66. The Morgan fingerprint density at radius 2 is 0.663 bits per heavy atom. The summed E-state index contributed by atoms with van der Waals surface area (Å²) in [6.07, 6.45) is 27.6. The molecular weight excluding hydrogens is 1150 g/mol. The zero-order valence-electron chi connectivity index (χ0n) is 58.9. The summed E-state index contributed by atoms with van der Waals surface area (Å²) >= 11 is 0. The van der Waals surface area contributed by atoms with E-state index in [-0.39, 0.29) is 0 Å². The first-order valence-electron chi connectivity index (χ1n) is 36.9. The molecule has 0 radical (unpaired) electrons. The van der Waals surface area contributed by atoms with Crippen LogP contribution in [0.3, 0.4) is 0 Å². The number of fused-ring (bicyclic) bond motifs is 3. The van der Waals surface area contributed by atoms with Gasteiger partial charge < -0.3 is 9.80 Å². The summed E-state index contributed by atoms with van der Waals surface area (Å²) in [4.78, 5) is 4.76. The van der Waals surface area contributed by atoms with Gasteiger partial charge in [0.15, 0.2) is 0 Å². The third-order valence-corrected chi connectivity index (χ3v) is 20.6. The molecule has 0 heterocycles. The molecule has 0 amide bonds. The number of nitrogens with zero attached hydrogens (tertiary/aromatic N) is 2. The van der Waals surface area contributed by atoms with Crippen molar-refractivity contribution in [2.24, 2.45) is 0 Å². The summed E-state index contributed by atoms with van der Waals surface area (Å²) in [7, 11) is 0. The normalized spacial score (nSPS) is 12.5. The molecule has 10 aromatic carbocycles. The quantitative estimate of drug-likeness (QED) is 0.0378. The lowest BCUT2D eigenvalue weighted by Crippen LogP contribution is -2.29. The Morgan fingerprint density at radius 1 is 0.337 bits per heavy atom. The lowest BCUT2D eigenvalue weighted by molar-refractivity contribution is 0.655. The molecule has 10 aromatic rings. The van der Waals surface area contributed by atoms with Crippen molar-refractivity contribution in [3.63, 3.8) is 0 Å². The molecule has 0 bridgehead atoms. The second kappa shape index (κ2) is 32.8. The second-order valence-corrected chi connectivity index (χ2v) is 27.7. The SMILES string of the molecule is C=Cc1ccc(N(c2ccc(C)cc2)c2ccc(-c3ccc(N(c4ccc(-c5ccc6c(c5)C(c5cc(CCCCCC)cc(CCCCCC)c5)(c5cc(CCCCCC)cc(CCCCCC)c5)c5cc(C)ccc5-6)cc4)c4ccc(C(C)CC)cc4)cc3)cc2)cc1. The van der Waals surface area contributed by atoms with Crippen LogP contribution in [0.25, 0.3) is 39.5 Å². The van der Waals surface area contributed by atoms with Crippen molar-refractivity contribution < 1.29 is 0 Å². The van der Waals surface area contributed by atoms with Crippen LogP contribution in [-0.2, 0) is 31.1 Å². The first-order chi connectivity index (χ1) is 46.5. The smallest absolute Gasteiger partial charge is 0.0714 e. The molecule has 488 valence electrons. The fraction of sp³-hybridized carbons (Fsp3) is 0.333. The molecule has 0 saturated carbocycles. The third-order valence-electron chi connectivity index (χ3n) is 20.6. The molecule has 0 fully saturated rings. The molecule has 0 aliphatic heterocycles. The first kappa shape index (κ1) is 67.9. The number of unbranched alkanes of at least 4 members (excludes halogenated alkanes) is 12. The van der Waals surface area contributed by atoms with Crippen molar-refractivity contribution in [1.82, 2.24) is 0 Å². The fourth-order valence-corrected chi connectivity index (χ4v) is 14.9. The maximum Gasteiger partial charge on any atom is 0.0714 e. The average Bonchev–Trinajstić information content (AvgIpc) is 1.55. The predicted octanol–water partition coefficient (Wildman–Crippen LogP) is 27.6. The Kier molecular flexibility index (Phi) is 23.5. The highest BCUT2D eigenvalue weighted by molar-refractivity contribution is 5.90. The van der Waals surface area contributed by atoms with E-state index in [1.807, 2.05) is 6.08 Å². The van der Waals surface area contributed by atoms with Gasteiger partial charge >= 0.3 is 0 Å². The van der Waals surface area contributed by atoms with Crippen molar-refractivity contribution in [1.29, 1.82) is 0 Å². The van der Waals surface area contributed by atoms with E-state index in [0.29, 0.717) is 5.92 Å². The topological polar surface area (TPSA) is 6.48 Å². The van der Waals surface area contributed by atoms with Crippen LogP contribution in [0.4, 0.5) is 34.1 Å². The van der Waals surface area contributed by atoms with Gasteiger partial charge in [-0.1, -0.05) is 282 Å². The Labute approximate surface area is 573 Å². The number of anilines is 6. The summed E-state index contributed by atoms with van der Waals surface area (Å²) in [5.74, 6) is 0.487. The molecule has 0 aromatic heterocycles. The minimum absolute atomic E-state index is 0.487. The van der Waals surface area contributed by atoms with Gasteiger partial charge in [0.25, 0.3) is 0 Å². The van der Waals surface area contributed by atoms with Gasteiger partial charge in [0, 0.05) is 34.1 Å². The molecule has 1 aliphatic rings. The molecule has 0 N–H and O–H groups in total. The molecule has 0 spiro atoms. The van der Waals surface area contributed by atoms with E-state index in [1.165, 1.54) is 197 Å². The predicted molar refractivity (Wildman–Crippen MR) is 414 cm³/mol. The molecule has 2 nitrogen and oxygen atoms in total. The van der Waals surface area contributed by atoms with E-state index in [4.69, 9.17) is 0 Å². The molecule has 1 atom stereocenters. The monoisotopic (exact) mass is 1250 g/mol. The van der Waals surface area contributed by atoms with E-state index >= 15 is 0 Å². The molecule has 1 aliphatic carbocycles. The minimum Gasteiger partial charge on any atom is -0.311 e. The molecule has 2 heteroatoms. The Bertz CT molecular complexity index is 3940. The number of aryl methyl sites for hydroxylation is 6. The Morgan fingerprint density at radius 3 is 1.04 bits per heavy atom. The van der Waals surface area contributed by atoms with Gasteiger partial charge in [-0.2, -0.15) is 0 Å². The second-order valence-electron chi connectivity index (χ2n) is 27.7. The number of rotatable bonds is 33. The van der Waals surface area contributed by atoms with E-state index < -0.39 is 5.41 Å². The standard InChI is InChI=1S/C93H106N2/c1-10-16-20-24-28-72-61-73(29-25-21-17-11-2)64-81(63-72)93(82-65-74(30-26-22-18-12-3)62-75(66-82)31-27-23-19-13-4)91-60-69(8)34-58-89(91)90-59-45-80(67-92(90)93)79-43-56-88(57-44-79)95(85-50-37-76(38-51-85)70(9)14-5)87-54-41-78(42-55-87)77-39-52-86(53-40-77)94(83-46-32-68(7)33-47-83)84-48-35-71(15-6)36-49-84/h15,32-67,70H,6,10-14,16-31H2,1-5,7-9H3. The van der Waals surface area contributed by atoms with Gasteiger partial charge in [-0.25, -0.2) is 0 Å². The van der Waals surface area contributed by atoms with Crippen molar-refractivity contribution in [3.8, 4) is 33.4 Å². The van der Waals surface area contributed by atoms with Crippen LogP contribution in [0.5, 0.6) is 0 Å². The first-order valence-corrected chi connectivity index (χ1v) is 36.9. The minimum atomic E-state index is -0.519. The van der Waals surface area contributed by atoms with Crippen molar-refractivity contribution in [2.45, 2.75) is 202 Å².